The van der Waals surface area contributed by atoms with Gasteiger partial charge in [0.1, 0.15) is 11.0 Å². The Labute approximate surface area is 63.6 Å². The van der Waals surface area contributed by atoms with Gasteiger partial charge >= 0.3 is 0 Å². The summed E-state index contributed by atoms with van der Waals surface area (Å²) in [7, 11) is 1.78. The van der Waals surface area contributed by atoms with Gasteiger partial charge in [0.05, 0.1) is 5.69 Å². The lowest BCUT2D eigenvalue weighted by Gasteiger charge is -1.88. The maximum absolute atomic E-state index is 5.65. The summed E-state index contributed by atoms with van der Waals surface area (Å²) in [6, 6.07) is 5.57. The number of benzene rings is 1. The number of hydrogen-bond acceptors (Lipinski definition) is 3. The number of aryl methyl sites for hydroxylation is 1. The minimum atomic E-state index is 0.676. The van der Waals surface area contributed by atoms with E-state index < -0.39 is 0 Å². The highest BCUT2D eigenvalue weighted by Crippen LogP contribution is 2.14. The van der Waals surface area contributed by atoms with Crippen molar-refractivity contribution in [1.29, 1.82) is 0 Å². The standard InChI is InChI=1S/C7H8N4/c1-11-9-6-4-2-3-5(8)7(6)10-11/h2-4H,8H2,1H3. The molecule has 1 heterocycles. The van der Waals surface area contributed by atoms with E-state index in [1.54, 1.807) is 7.05 Å². The molecule has 0 fully saturated rings. The summed E-state index contributed by atoms with van der Waals surface area (Å²) >= 11 is 0. The number of anilines is 1. The maximum atomic E-state index is 5.65. The van der Waals surface area contributed by atoms with Crippen molar-refractivity contribution >= 4 is 16.7 Å². The number of hydrogen-bond donors (Lipinski definition) is 1. The van der Waals surface area contributed by atoms with Gasteiger partial charge in [-0.1, -0.05) is 6.07 Å². The summed E-state index contributed by atoms with van der Waals surface area (Å²) in [6.07, 6.45) is 0. The first kappa shape index (κ1) is 6.15. The third-order valence-corrected chi connectivity index (χ3v) is 1.54. The fraction of sp³-hybridized carbons (Fsp3) is 0.143. The second-order valence-electron chi connectivity index (χ2n) is 2.40. The van der Waals surface area contributed by atoms with Crippen molar-refractivity contribution in [1.82, 2.24) is 15.0 Å². The van der Waals surface area contributed by atoms with Gasteiger partial charge in [0.15, 0.2) is 0 Å². The fourth-order valence-corrected chi connectivity index (χ4v) is 1.06. The zero-order valence-corrected chi connectivity index (χ0v) is 6.15. The fourth-order valence-electron chi connectivity index (χ4n) is 1.06. The molecule has 0 saturated carbocycles. The number of nitrogen functional groups attached to an aromatic ring is 1. The van der Waals surface area contributed by atoms with Gasteiger partial charge in [-0.3, -0.25) is 0 Å². The molecule has 4 heteroatoms. The highest BCUT2D eigenvalue weighted by molar-refractivity contribution is 5.85. The second-order valence-corrected chi connectivity index (χ2v) is 2.40. The number of nitrogens with zero attached hydrogens (tertiary/aromatic N) is 3. The van der Waals surface area contributed by atoms with Crippen molar-refractivity contribution in [2.45, 2.75) is 0 Å². The Balaban J connectivity index is 2.90. The zero-order valence-electron chi connectivity index (χ0n) is 6.15. The van der Waals surface area contributed by atoms with Crippen LogP contribution >= 0.6 is 0 Å². The molecule has 0 aliphatic rings. The number of fused-ring (bicyclic) bond motifs is 1. The average Bonchev–Trinajstić information content (AvgIpc) is 2.31. The van der Waals surface area contributed by atoms with Crippen LogP contribution < -0.4 is 5.73 Å². The molecule has 0 bridgehead atoms. The van der Waals surface area contributed by atoms with Gasteiger partial charge in [0.2, 0.25) is 0 Å². The first-order chi connectivity index (χ1) is 5.27. The van der Waals surface area contributed by atoms with Crippen LogP contribution in [0.5, 0.6) is 0 Å². The summed E-state index contributed by atoms with van der Waals surface area (Å²) in [5.74, 6) is 0. The lowest BCUT2D eigenvalue weighted by molar-refractivity contribution is 0.665. The Bertz CT molecular complexity index is 390. The first-order valence-corrected chi connectivity index (χ1v) is 3.33. The molecule has 0 spiro atoms. The van der Waals surface area contributed by atoms with Gasteiger partial charge in [0, 0.05) is 7.05 Å². The third kappa shape index (κ3) is 0.832. The highest BCUT2D eigenvalue weighted by atomic mass is 15.4. The van der Waals surface area contributed by atoms with Crippen molar-refractivity contribution in [2.75, 3.05) is 5.73 Å². The Morgan fingerprint density at radius 3 is 2.91 bits per heavy atom. The van der Waals surface area contributed by atoms with Gasteiger partial charge < -0.3 is 5.73 Å². The largest absolute Gasteiger partial charge is 0.397 e. The van der Waals surface area contributed by atoms with Crippen LogP contribution in [-0.2, 0) is 7.05 Å². The molecule has 0 amide bonds. The van der Waals surface area contributed by atoms with E-state index in [1.165, 1.54) is 4.80 Å². The Morgan fingerprint density at radius 1 is 1.36 bits per heavy atom. The van der Waals surface area contributed by atoms with E-state index >= 15 is 0 Å². The molecule has 2 N–H and O–H groups in total. The lowest BCUT2D eigenvalue weighted by atomic mass is 10.3. The number of rotatable bonds is 0. The van der Waals surface area contributed by atoms with Crippen molar-refractivity contribution in [2.24, 2.45) is 7.05 Å². The Kier molecular flexibility index (Phi) is 1.09. The topological polar surface area (TPSA) is 56.7 Å². The number of nitrogens with two attached hydrogens (primary N) is 1. The van der Waals surface area contributed by atoms with Crippen molar-refractivity contribution in [3.8, 4) is 0 Å². The van der Waals surface area contributed by atoms with E-state index in [-0.39, 0.29) is 0 Å². The molecule has 0 saturated heterocycles. The van der Waals surface area contributed by atoms with Crippen molar-refractivity contribution in [3.63, 3.8) is 0 Å². The van der Waals surface area contributed by atoms with E-state index in [9.17, 15) is 0 Å². The van der Waals surface area contributed by atoms with Gasteiger partial charge in [-0.25, -0.2) is 0 Å². The predicted molar refractivity (Wildman–Crippen MR) is 42.9 cm³/mol. The number of aromatic nitrogens is 3. The van der Waals surface area contributed by atoms with Crippen LogP contribution in [0.25, 0.3) is 11.0 Å². The van der Waals surface area contributed by atoms with E-state index in [2.05, 4.69) is 10.2 Å². The monoisotopic (exact) mass is 148 g/mol. The van der Waals surface area contributed by atoms with Crippen LogP contribution in [0.4, 0.5) is 5.69 Å². The van der Waals surface area contributed by atoms with Gasteiger partial charge in [-0.2, -0.15) is 15.0 Å². The molecule has 4 nitrogen and oxygen atoms in total. The molecule has 0 atom stereocenters. The highest BCUT2D eigenvalue weighted by Gasteiger charge is 2.01. The van der Waals surface area contributed by atoms with Gasteiger partial charge in [0.25, 0.3) is 0 Å². The Morgan fingerprint density at radius 2 is 2.18 bits per heavy atom. The molecular weight excluding hydrogens is 140 g/mol. The molecule has 0 aliphatic carbocycles. The minimum Gasteiger partial charge on any atom is -0.397 e. The lowest BCUT2D eigenvalue weighted by Crippen LogP contribution is -1.91. The molecule has 0 radical (unpaired) electrons. The predicted octanol–water partition coefficient (Wildman–Crippen LogP) is 0.551. The van der Waals surface area contributed by atoms with E-state index in [1.807, 2.05) is 18.2 Å². The zero-order chi connectivity index (χ0) is 7.84. The summed E-state index contributed by atoms with van der Waals surface area (Å²) in [4.78, 5) is 1.51. The maximum Gasteiger partial charge on any atom is 0.136 e. The quantitative estimate of drug-likeness (QED) is 0.555. The summed E-state index contributed by atoms with van der Waals surface area (Å²) in [5.41, 5.74) is 7.94. The molecule has 1 aromatic carbocycles. The first-order valence-electron chi connectivity index (χ1n) is 3.33. The molecule has 56 valence electrons. The second kappa shape index (κ2) is 1.95. The van der Waals surface area contributed by atoms with Crippen LogP contribution in [0, 0.1) is 0 Å². The molecule has 2 aromatic rings. The Hall–Kier alpha value is -1.58. The van der Waals surface area contributed by atoms with Crippen LogP contribution in [0.2, 0.25) is 0 Å². The third-order valence-electron chi connectivity index (χ3n) is 1.54. The van der Waals surface area contributed by atoms with Crippen molar-refractivity contribution < 1.29 is 0 Å². The minimum absolute atomic E-state index is 0.676. The van der Waals surface area contributed by atoms with E-state index in [0.29, 0.717) is 5.69 Å². The van der Waals surface area contributed by atoms with Gasteiger partial charge in [-0.15, -0.1) is 0 Å². The molecule has 0 aliphatic heterocycles. The summed E-state index contributed by atoms with van der Waals surface area (Å²) in [6.45, 7) is 0. The van der Waals surface area contributed by atoms with E-state index in [0.717, 1.165) is 11.0 Å². The molecule has 0 unspecified atom stereocenters. The van der Waals surface area contributed by atoms with Crippen LogP contribution in [0.1, 0.15) is 0 Å². The van der Waals surface area contributed by atoms with Crippen molar-refractivity contribution in [3.05, 3.63) is 18.2 Å². The SMILES string of the molecule is Cn1nc2cccc(N)c2n1. The normalized spacial score (nSPS) is 10.6. The molecule has 1 aromatic heterocycles. The molecular formula is C7H8N4. The smallest absolute Gasteiger partial charge is 0.136 e. The molecule has 11 heavy (non-hydrogen) atoms. The average molecular weight is 148 g/mol. The van der Waals surface area contributed by atoms with Gasteiger partial charge in [-0.05, 0) is 12.1 Å². The summed E-state index contributed by atoms with van der Waals surface area (Å²) < 4.78 is 0. The van der Waals surface area contributed by atoms with E-state index in [4.69, 9.17) is 5.73 Å². The van der Waals surface area contributed by atoms with Crippen LogP contribution in [-0.4, -0.2) is 15.0 Å². The summed E-state index contributed by atoms with van der Waals surface area (Å²) in [5, 5.41) is 8.19. The molecule has 2 rings (SSSR count). The van der Waals surface area contributed by atoms with Crippen LogP contribution in [0.15, 0.2) is 18.2 Å². The van der Waals surface area contributed by atoms with Crippen LogP contribution in [0.3, 0.4) is 0 Å².